The van der Waals surface area contributed by atoms with E-state index in [0.717, 1.165) is 5.71 Å². The van der Waals surface area contributed by atoms with Crippen LogP contribution >= 0.6 is 0 Å². The SMILES string of the molecule is CC[C@H]1OC(=O)[C@H](C)[C@@H](O[C@H]2C[C@@](C)(OC)[C@@H](O)[C@H](C)O2)[C@H](C)[C@@H](O[C@@H]2O[C@H](C)C[C@H](N(C)CCN3C(=O)c4ccccc4C3=O)[C@H]2O)[C@@](C)(OC)C[C@@H](C)C2=NCCN3C(=O)O[C@@]1(C)[C@H]3[C@H]2C. The molecule has 0 saturated carbocycles. The Morgan fingerprint density at radius 1 is 0.882 bits per heavy atom. The van der Waals surface area contributed by atoms with Crippen LogP contribution in [0.15, 0.2) is 29.3 Å². The van der Waals surface area contributed by atoms with Crippen LogP contribution in [0.3, 0.4) is 0 Å². The molecule has 4 saturated heterocycles. The van der Waals surface area contributed by atoms with E-state index in [4.69, 9.17) is 42.9 Å². The number of ether oxygens (including phenoxy) is 8. The molecule has 6 heterocycles. The van der Waals surface area contributed by atoms with Crippen LogP contribution in [-0.4, -0.2) is 186 Å². The molecule has 18 heteroatoms. The Kier molecular flexibility index (Phi) is 15.6. The number of fused-ring (bicyclic) bond motifs is 2. The Hall–Kier alpha value is -3.59. The van der Waals surface area contributed by atoms with Crippen molar-refractivity contribution in [3.05, 3.63) is 35.4 Å². The molecule has 68 heavy (non-hydrogen) atoms. The average molecular weight is 957 g/mol. The van der Waals surface area contributed by atoms with E-state index < -0.39 is 108 Å². The van der Waals surface area contributed by atoms with Gasteiger partial charge in [0.25, 0.3) is 11.8 Å². The quantitative estimate of drug-likeness (QED) is 0.232. The van der Waals surface area contributed by atoms with Gasteiger partial charge in [0.05, 0.1) is 65.2 Å². The minimum absolute atomic E-state index is 0.110. The van der Waals surface area contributed by atoms with Crippen LogP contribution in [0.4, 0.5) is 4.79 Å². The lowest BCUT2D eigenvalue weighted by Gasteiger charge is -2.50. The van der Waals surface area contributed by atoms with E-state index in [9.17, 15) is 29.4 Å². The van der Waals surface area contributed by atoms with Gasteiger partial charge in [-0.25, -0.2) is 4.79 Å². The van der Waals surface area contributed by atoms with Crippen molar-refractivity contribution >= 4 is 29.6 Å². The van der Waals surface area contributed by atoms with Crippen molar-refractivity contribution in [2.24, 2.45) is 28.7 Å². The maximum absolute atomic E-state index is 14.9. The number of nitrogens with zero attached hydrogens (tertiary/aromatic N) is 4. The summed E-state index contributed by atoms with van der Waals surface area (Å²) in [6.07, 6.45) is -7.44. The minimum Gasteiger partial charge on any atom is -0.458 e. The molecule has 0 aliphatic carbocycles. The van der Waals surface area contributed by atoms with Gasteiger partial charge in [-0.2, -0.15) is 0 Å². The third-order valence-corrected chi connectivity index (χ3v) is 16.3. The number of hydrogen-bond donors (Lipinski definition) is 2. The van der Waals surface area contributed by atoms with Crippen molar-refractivity contribution in [2.75, 3.05) is 47.4 Å². The number of rotatable bonds is 11. The highest BCUT2D eigenvalue weighted by Crippen LogP contribution is 2.45. The fraction of sp³-hybridized carbons (Fsp3) is 0.780. The average Bonchev–Trinajstić information content (AvgIpc) is 3.61. The zero-order valence-electron chi connectivity index (χ0n) is 42.2. The van der Waals surface area contributed by atoms with E-state index in [1.165, 1.54) is 12.0 Å². The summed E-state index contributed by atoms with van der Waals surface area (Å²) in [6, 6.07) is 5.75. The van der Waals surface area contributed by atoms with Gasteiger partial charge < -0.3 is 48.1 Å². The predicted octanol–water partition coefficient (Wildman–Crippen LogP) is 4.46. The molecule has 0 spiro atoms. The summed E-state index contributed by atoms with van der Waals surface area (Å²) >= 11 is 0. The molecule has 18 nitrogen and oxygen atoms in total. The zero-order valence-corrected chi connectivity index (χ0v) is 42.2. The maximum atomic E-state index is 14.9. The van der Waals surface area contributed by atoms with E-state index in [0.29, 0.717) is 43.5 Å². The fourth-order valence-corrected chi connectivity index (χ4v) is 12.2. The summed E-state index contributed by atoms with van der Waals surface area (Å²) < 4.78 is 52.1. The summed E-state index contributed by atoms with van der Waals surface area (Å²) in [5, 5.41) is 23.5. The molecule has 380 valence electrons. The van der Waals surface area contributed by atoms with Gasteiger partial charge in [0.1, 0.15) is 18.3 Å². The van der Waals surface area contributed by atoms with Crippen molar-refractivity contribution in [1.82, 2.24) is 14.7 Å². The van der Waals surface area contributed by atoms with Gasteiger partial charge in [0.2, 0.25) is 0 Å². The van der Waals surface area contributed by atoms with Crippen LogP contribution < -0.4 is 0 Å². The van der Waals surface area contributed by atoms with E-state index >= 15 is 0 Å². The number of amides is 3. The Morgan fingerprint density at radius 3 is 2.15 bits per heavy atom. The number of carbonyl (C=O) groups is 4. The number of likely N-dealkylation sites (N-methyl/N-ethyl adjacent to an activating group) is 1. The maximum Gasteiger partial charge on any atom is 0.410 e. The third-order valence-electron chi connectivity index (χ3n) is 16.3. The first-order valence-corrected chi connectivity index (χ1v) is 24.5. The second-order valence-electron chi connectivity index (χ2n) is 20.9. The lowest BCUT2D eigenvalue weighted by molar-refractivity contribution is -0.319. The molecule has 4 fully saturated rings. The van der Waals surface area contributed by atoms with Crippen LogP contribution in [-0.2, 0) is 42.7 Å². The van der Waals surface area contributed by atoms with Crippen LogP contribution in [0.5, 0.6) is 0 Å². The van der Waals surface area contributed by atoms with Crippen LogP contribution in [0, 0.1) is 23.7 Å². The smallest absolute Gasteiger partial charge is 0.410 e. The van der Waals surface area contributed by atoms with E-state index in [2.05, 4.69) is 6.92 Å². The predicted molar refractivity (Wildman–Crippen MR) is 248 cm³/mol. The molecule has 1 aromatic carbocycles. The van der Waals surface area contributed by atoms with Gasteiger partial charge in [0.15, 0.2) is 18.2 Å². The van der Waals surface area contributed by atoms with E-state index in [1.807, 2.05) is 53.5 Å². The molecular formula is C50H76N4O14. The number of aliphatic imine (C=N–C) groups is 1. The van der Waals surface area contributed by atoms with Crippen LogP contribution in [0.2, 0.25) is 0 Å². The summed E-state index contributed by atoms with van der Waals surface area (Å²) in [5.41, 5.74) is -1.84. The lowest BCUT2D eigenvalue weighted by atomic mass is 9.72. The highest BCUT2D eigenvalue weighted by Gasteiger charge is 2.61. The van der Waals surface area contributed by atoms with Crippen molar-refractivity contribution < 1.29 is 67.3 Å². The fourth-order valence-electron chi connectivity index (χ4n) is 12.2. The Labute approximate surface area is 401 Å². The molecule has 3 amide bonds. The van der Waals surface area contributed by atoms with Gasteiger partial charge in [0, 0.05) is 63.9 Å². The minimum atomic E-state index is -1.22. The standard InChI is InChI=1S/C50H76N4O14/c1-14-35-50(10)40-28(4)37(51-19-20-53(40)47(60)68-50)26(2)24-49(9,62-13)42(29(5)39(30(6)45(59)65-35)66-36-25-48(8,61-12)41(56)31(7)64-36)67-46-38(55)34(23-27(3)63-46)52(11)21-22-54-43(57)32-17-15-16-18-33(32)44(54)58/h15-18,26-31,34-36,38-42,46,55-56H,14,19-25H2,1-13H3/t26-,27-,28+,29+,30-,31+,34+,35-,36+,38-,39+,40-,41+,42-,46+,48-,49+,50-/m1/s1. The number of aliphatic hydroxyl groups is 2. The zero-order chi connectivity index (χ0) is 49.8. The lowest BCUT2D eigenvalue weighted by Crippen LogP contribution is -2.62. The van der Waals surface area contributed by atoms with Gasteiger partial charge in [-0.15, -0.1) is 0 Å². The molecule has 7 rings (SSSR count). The van der Waals surface area contributed by atoms with E-state index in [-0.39, 0.29) is 43.2 Å². The van der Waals surface area contributed by atoms with E-state index in [1.54, 1.807) is 57.0 Å². The number of cyclic esters (lactones) is 1. The number of esters is 1. The number of hydrogen-bond acceptors (Lipinski definition) is 16. The third kappa shape index (κ3) is 9.50. The molecule has 2 N–H and O–H groups in total. The monoisotopic (exact) mass is 957 g/mol. The number of benzene rings is 1. The highest BCUT2D eigenvalue weighted by atomic mass is 16.7. The molecule has 6 aliphatic heterocycles. The second kappa shape index (κ2) is 20.3. The number of methoxy groups -OCH3 is 2. The molecule has 0 unspecified atom stereocenters. The molecule has 18 atom stereocenters. The van der Waals surface area contributed by atoms with Gasteiger partial charge >= 0.3 is 12.1 Å². The molecule has 0 aromatic heterocycles. The normalized spacial score (nSPS) is 42.6. The highest BCUT2D eigenvalue weighted by molar-refractivity contribution is 6.21. The summed E-state index contributed by atoms with van der Waals surface area (Å²) in [7, 11) is 4.97. The molecule has 1 aromatic rings. The molecular weight excluding hydrogens is 881 g/mol. The largest absolute Gasteiger partial charge is 0.458 e. The van der Waals surface area contributed by atoms with Crippen LogP contribution in [0.1, 0.15) is 116 Å². The van der Waals surface area contributed by atoms with Crippen LogP contribution in [0.25, 0.3) is 0 Å². The summed E-state index contributed by atoms with van der Waals surface area (Å²) in [4.78, 5) is 65.0. The molecule has 6 aliphatic rings. The number of aliphatic hydroxyl groups excluding tert-OH is 2. The first kappa shape index (κ1) is 52.2. The topological polar surface area (TPSA) is 205 Å². The second-order valence-corrected chi connectivity index (χ2v) is 20.9. The Bertz CT molecular complexity index is 2020. The Balaban J connectivity index is 1.25. The first-order chi connectivity index (χ1) is 32.0. The van der Waals surface area contributed by atoms with Crippen molar-refractivity contribution in [1.29, 1.82) is 0 Å². The number of imide groups is 1. The van der Waals surface area contributed by atoms with Gasteiger partial charge in [-0.05, 0) is 85.9 Å². The van der Waals surface area contributed by atoms with Gasteiger partial charge in [-0.1, -0.05) is 39.8 Å². The van der Waals surface area contributed by atoms with Gasteiger partial charge in [-0.3, -0.25) is 34.1 Å². The van der Waals surface area contributed by atoms with Crippen molar-refractivity contribution in [3.8, 4) is 0 Å². The Morgan fingerprint density at radius 2 is 1.53 bits per heavy atom. The summed E-state index contributed by atoms with van der Waals surface area (Å²) in [6.45, 7) is 19.9. The van der Waals surface area contributed by atoms with Crippen molar-refractivity contribution in [2.45, 2.75) is 179 Å². The van der Waals surface area contributed by atoms with Crippen molar-refractivity contribution in [3.63, 3.8) is 0 Å². The molecule has 2 bridgehead atoms. The first-order valence-electron chi connectivity index (χ1n) is 24.5. The molecule has 0 radical (unpaired) electrons. The number of carbonyl (C=O) groups excluding carboxylic acids is 4. The summed E-state index contributed by atoms with van der Waals surface area (Å²) in [5.74, 6) is -3.54.